The minimum absolute atomic E-state index is 0.412. The van der Waals surface area contributed by atoms with Crippen molar-refractivity contribution >= 4 is 28.3 Å². The molecule has 0 amide bonds. The number of hydrogen-bond acceptors (Lipinski definition) is 6. The molecule has 104 valence electrons. The number of fused-ring (bicyclic) bond motifs is 1. The summed E-state index contributed by atoms with van der Waals surface area (Å²) in [4.78, 5) is 0.964. The van der Waals surface area contributed by atoms with Gasteiger partial charge in [-0.1, -0.05) is 29.4 Å². The van der Waals surface area contributed by atoms with Crippen LogP contribution in [0.2, 0.25) is 0 Å². The topological polar surface area (TPSA) is 79.6 Å². The third kappa shape index (κ3) is 2.27. The highest BCUT2D eigenvalue weighted by molar-refractivity contribution is 7.13. The van der Waals surface area contributed by atoms with Crippen LogP contribution >= 0.6 is 11.3 Å². The number of nitrogens with one attached hydrogen (secondary N) is 2. The first-order chi connectivity index (χ1) is 10.4. The van der Waals surface area contributed by atoms with Crippen molar-refractivity contribution in [2.24, 2.45) is 0 Å². The van der Waals surface area contributed by atoms with Gasteiger partial charge in [0.2, 0.25) is 0 Å². The highest BCUT2D eigenvalue weighted by Crippen LogP contribution is 2.24. The van der Waals surface area contributed by atoms with Gasteiger partial charge in [-0.25, -0.2) is 0 Å². The fourth-order valence-electron chi connectivity index (χ4n) is 2.14. The molecule has 0 saturated heterocycles. The lowest BCUT2D eigenvalue weighted by molar-refractivity contribution is 0.582. The van der Waals surface area contributed by atoms with Crippen molar-refractivity contribution in [2.45, 2.75) is 6.54 Å². The molecule has 2 N–H and O–H groups in total. The first-order valence-corrected chi connectivity index (χ1v) is 7.30. The number of aromatic amines is 1. The second-order valence-electron chi connectivity index (χ2n) is 4.49. The molecule has 0 aliphatic heterocycles. The Bertz CT molecular complexity index is 864. The smallest absolute Gasteiger partial charge is 0.316 e. The normalized spacial score (nSPS) is 11.0. The maximum absolute atomic E-state index is 5.59. The Morgan fingerprint density at radius 1 is 1.19 bits per heavy atom. The predicted octanol–water partition coefficient (Wildman–Crippen LogP) is 3.29. The Kier molecular flexibility index (Phi) is 2.89. The van der Waals surface area contributed by atoms with E-state index in [9.17, 15) is 0 Å². The number of aromatic nitrogens is 4. The standard InChI is InChI=1S/C14H11N5OS/c1-3-9(12-10(4-1)8-16-17-12)7-15-14-19-18-13(20-14)11-5-2-6-21-11/h1-6,8H,7H2,(H,15,19)(H,16,17). The van der Waals surface area contributed by atoms with Crippen LogP contribution in [0.5, 0.6) is 0 Å². The average molecular weight is 297 g/mol. The van der Waals surface area contributed by atoms with Crippen LogP contribution in [0.15, 0.2) is 46.3 Å². The number of hydrogen-bond donors (Lipinski definition) is 2. The van der Waals surface area contributed by atoms with E-state index in [4.69, 9.17) is 4.42 Å². The lowest BCUT2D eigenvalue weighted by Gasteiger charge is -2.02. The molecule has 0 unspecified atom stereocenters. The number of rotatable bonds is 4. The van der Waals surface area contributed by atoms with Crippen LogP contribution in [0.1, 0.15) is 5.56 Å². The molecule has 3 aromatic heterocycles. The number of benzene rings is 1. The Morgan fingerprint density at radius 2 is 2.19 bits per heavy atom. The van der Waals surface area contributed by atoms with Crippen molar-refractivity contribution in [3.63, 3.8) is 0 Å². The van der Waals surface area contributed by atoms with Gasteiger partial charge in [0.15, 0.2) is 0 Å². The molecule has 4 rings (SSSR count). The van der Waals surface area contributed by atoms with Crippen molar-refractivity contribution in [3.8, 4) is 10.8 Å². The molecule has 4 aromatic rings. The lowest BCUT2D eigenvalue weighted by atomic mass is 10.1. The van der Waals surface area contributed by atoms with Gasteiger partial charge in [0, 0.05) is 11.9 Å². The van der Waals surface area contributed by atoms with E-state index in [1.807, 2.05) is 35.7 Å². The zero-order chi connectivity index (χ0) is 14.1. The lowest BCUT2D eigenvalue weighted by Crippen LogP contribution is -2.00. The maximum atomic E-state index is 5.59. The largest absolute Gasteiger partial charge is 0.403 e. The Balaban J connectivity index is 1.53. The van der Waals surface area contributed by atoms with Crippen LogP contribution in [0.3, 0.4) is 0 Å². The molecule has 0 aliphatic carbocycles. The van der Waals surface area contributed by atoms with Crippen molar-refractivity contribution in [2.75, 3.05) is 5.32 Å². The predicted molar refractivity (Wildman–Crippen MR) is 81.0 cm³/mol. The van der Waals surface area contributed by atoms with Gasteiger partial charge in [0.25, 0.3) is 5.89 Å². The van der Waals surface area contributed by atoms with Gasteiger partial charge in [-0.15, -0.1) is 16.4 Å². The zero-order valence-electron chi connectivity index (χ0n) is 10.9. The second kappa shape index (κ2) is 5.02. The highest BCUT2D eigenvalue weighted by atomic mass is 32.1. The molecule has 1 aromatic carbocycles. The van der Waals surface area contributed by atoms with Crippen LogP contribution in [-0.2, 0) is 6.54 Å². The summed E-state index contributed by atoms with van der Waals surface area (Å²) >= 11 is 1.57. The van der Waals surface area contributed by atoms with Crippen molar-refractivity contribution in [1.29, 1.82) is 0 Å². The molecule has 0 fully saturated rings. The minimum Gasteiger partial charge on any atom is -0.403 e. The molecule has 0 aliphatic rings. The Hall–Kier alpha value is -2.67. The van der Waals surface area contributed by atoms with Crippen molar-refractivity contribution in [3.05, 3.63) is 47.5 Å². The summed E-state index contributed by atoms with van der Waals surface area (Å²) in [5.74, 6) is 0.534. The number of nitrogens with zero attached hydrogens (tertiary/aromatic N) is 3. The van der Waals surface area contributed by atoms with Gasteiger partial charge >= 0.3 is 6.01 Å². The molecule has 0 radical (unpaired) electrons. The highest BCUT2D eigenvalue weighted by Gasteiger charge is 2.09. The van der Waals surface area contributed by atoms with Crippen LogP contribution in [0.25, 0.3) is 21.7 Å². The van der Waals surface area contributed by atoms with Crippen LogP contribution in [0.4, 0.5) is 6.01 Å². The Morgan fingerprint density at radius 3 is 3.10 bits per heavy atom. The van der Waals surface area contributed by atoms with E-state index in [0.717, 1.165) is 21.3 Å². The number of anilines is 1. The molecule has 7 heteroatoms. The van der Waals surface area contributed by atoms with E-state index in [1.165, 1.54) is 0 Å². The Labute approximate surface area is 123 Å². The van der Waals surface area contributed by atoms with Gasteiger partial charge in [0.1, 0.15) is 0 Å². The van der Waals surface area contributed by atoms with Gasteiger partial charge in [-0.05, 0) is 17.0 Å². The van der Waals surface area contributed by atoms with Gasteiger partial charge in [-0.2, -0.15) is 5.10 Å². The quantitative estimate of drug-likeness (QED) is 0.604. The molecule has 3 heterocycles. The summed E-state index contributed by atoms with van der Waals surface area (Å²) < 4.78 is 5.59. The zero-order valence-corrected chi connectivity index (χ0v) is 11.7. The molecular formula is C14H11N5OS. The molecule has 0 saturated carbocycles. The molecule has 0 atom stereocenters. The summed E-state index contributed by atoms with van der Waals surface area (Å²) in [6, 6.07) is 10.4. The van der Waals surface area contributed by atoms with Gasteiger partial charge in [-0.3, -0.25) is 5.10 Å². The molecule has 6 nitrogen and oxygen atoms in total. The summed E-state index contributed by atoms with van der Waals surface area (Å²) in [5.41, 5.74) is 2.11. The third-order valence-corrected chi connectivity index (χ3v) is 4.01. The van der Waals surface area contributed by atoms with Crippen LogP contribution in [0, 0.1) is 0 Å². The summed E-state index contributed by atoms with van der Waals surface area (Å²) in [6.07, 6.45) is 1.81. The first kappa shape index (κ1) is 12.1. The first-order valence-electron chi connectivity index (χ1n) is 6.42. The summed E-state index contributed by atoms with van der Waals surface area (Å²) in [5, 5.41) is 21.3. The monoisotopic (exact) mass is 297 g/mol. The maximum Gasteiger partial charge on any atom is 0.316 e. The van der Waals surface area contributed by atoms with Crippen LogP contribution < -0.4 is 5.32 Å². The van der Waals surface area contributed by atoms with E-state index in [0.29, 0.717) is 18.5 Å². The fraction of sp³-hybridized carbons (Fsp3) is 0.0714. The second-order valence-corrected chi connectivity index (χ2v) is 5.44. The number of H-pyrrole nitrogens is 1. The number of para-hydroxylation sites is 1. The average Bonchev–Trinajstić information content (AvgIpc) is 3.23. The van der Waals surface area contributed by atoms with E-state index < -0.39 is 0 Å². The SMILES string of the molecule is c1csc(-c2nnc(NCc3cccc4cn[nH]c34)o2)c1. The molecule has 0 bridgehead atoms. The summed E-state index contributed by atoms with van der Waals surface area (Å²) in [6.45, 7) is 0.589. The van der Waals surface area contributed by atoms with E-state index in [1.54, 1.807) is 17.5 Å². The summed E-state index contributed by atoms with van der Waals surface area (Å²) in [7, 11) is 0. The van der Waals surface area contributed by atoms with Crippen LogP contribution in [-0.4, -0.2) is 20.4 Å². The fourth-order valence-corrected chi connectivity index (χ4v) is 2.79. The molecule has 0 spiro atoms. The van der Waals surface area contributed by atoms with Gasteiger partial charge in [0.05, 0.1) is 16.6 Å². The minimum atomic E-state index is 0.412. The van der Waals surface area contributed by atoms with E-state index in [-0.39, 0.29) is 0 Å². The molecular weight excluding hydrogens is 286 g/mol. The molecule has 21 heavy (non-hydrogen) atoms. The number of thiophene rings is 1. The van der Waals surface area contributed by atoms with E-state index in [2.05, 4.69) is 25.7 Å². The van der Waals surface area contributed by atoms with Crippen molar-refractivity contribution < 1.29 is 4.42 Å². The van der Waals surface area contributed by atoms with E-state index >= 15 is 0 Å². The third-order valence-electron chi connectivity index (χ3n) is 3.15. The van der Waals surface area contributed by atoms with Gasteiger partial charge < -0.3 is 9.73 Å². The van der Waals surface area contributed by atoms with Crippen molar-refractivity contribution in [1.82, 2.24) is 20.4 Å².